The van der Waals surface area contributed by atoms with Crippen LogP contribution >= 0.6 is 0 Å². The molecule has 194 valence electrons. The Kier molecular flexibility index (Phi) is 7.29. The van der Waals surface area contributed by atoms with E-state index in [-0.39, 0.29) is 41.4 Å². The highest BCUT2D eigenvalue weighted by Gasteiger charge is 2.56. The first-order valence-electron chi connectivity index (χ1n) is 13.5. The van der Waals surface area contributed by atoms with Crippen molar-refractivity contribution in [2.24, 2.45) is 23.7 Å². The quantitative estimate of drug-likeness (QED) is 0.383. The molecule has 2 amide bonds. The normalized spacial score (nSPS) is 25.7. The fourth-order valence-corrected chi connectivity index (χ4v) is 6.35. The molecule has 0 bridgehead atoms. The Morgan fingerprint density at radius 2 is 1.92 bits per heavy atom. The van der Waals surface area contributed by atoms with Crippen LogP contribution in [-0.2, 0) is 14.3 Å². The zero-order valence-corrected chi connectivity index (χ0v) is 21.9. The third-order valence-electron chi connectivity index (χ3n) is 8.08. The molecule has 2 fully saturated rings. The Labute approximate surface area is 219 Å². The minimum Gasteiger partial charge on any atom is -0.508 e. The van der Waals surface area contributed by atoms with Gasteiger partial charge in [-0.3, -0.25) is 19.5 Å². The van der Waals surface area contributed by atoms with Crippen LogP contribution in [0.5, 0.6) is 5.75 Å². The molecule has 2 aliphatic heterocycles. The van der Waals surface area contributed by atoms with Gasteiger partial charge in [-0.15, -0.1) is 0 Å². The molecule has 4 atom stereocenters. The van der Waals surface area contributed by atoms with Crippen LogP contribution in [0.15, 0.2) is 59.8 Å². The number of hydrogen-bond donors (Lipinski definition) is 1. The van der Waals surface area contributed by atoms with E-state index in [0.717, 1.165) is 36.1 Å². The van der Waals surface area contributed by atoms with E-state index in [1.807, 2.05) is 37.3 Å². The highest BCUT2D eigenvalue weighted by Crippen LogP contribution is 2.51. The van der Waals surface area contributed by atoms with E-state index in [4.69, 9.17) is 4.74 Å². The lowest BCUT2D eigenvalue weighted by Crippen LogP contribution is -2.35. The molecule has 0 spiro atoms. The Morgan fingerprint density at radius 1 is 1.14 bits per heavy atom. The van der Waals surface area contributed by atoms with Gasteiger partial charge in [0.25, 0.3) is 0 Å². The number of aromatic hydroxyl groups is 1. The summed E-state index contributed by atoms with van der Waals surface area (Å²) in [7, 11) is 0. The van der Waals surface area contributed by atoms with E-state index in [0.29, 0.717) is 25.5 Å². The molecule has 1 aromatic carbocycles. The number of phenols is 1. The lowest BCUT2D eigenvalue weighted by Gasteiger charge is -2.33. The number of likely N-dealkylation sites (tertiary alicyclic amines) is 1. The lowest BCUT2D eigenvalue weighted by molar-refractivity contribution is -0.140. The number of carbonyl (C=O) groups is 2. The van der Waals surface area contributed by atoms with Gasteiger partial charge in [-0.05, 0) is 78.7 Å². The number of rotatable bonds is 8. The largest absolute Gasteiger partial charge is 0.508 e. The molecule has 5 rings (SSSR count). The number of allylic oxidation sites excluding steroid dienone is 2. The van der Waals surface area contributed by atoms with Gasteiger partial charge >= 0.3 is 0 Å². The number of amides is 2. The van der Waals surface area contributed by atoms with Crippen LogP contribution in [0, 0.1) is 23.7 Å². The number of hydrogen-bond acceptors (Lipinski definition) is 5. The third-order valence-corrected chi connectivity index (χ3v) is 8.08. The van der Waals surface area contributed by atoms with Crippen molar-refractivity contribution < 1.29 is 19.4 Å². The van der Waals surface area contributed by atoms with Crippen molar-refractivity contribution in [3.05, 3.63) is 71.1 Å². The average molecular weight is 501 g/mol. The zero-order chi connectivity index (χ0) is 26.1. The van der Waals surface area contributed by atoms with E-state index >= 15 is 0 Å². The second kappa shape index (κ2) is 10.6. The fourth-order valence-electron chi connectivity index (χ4n) is 6.35. The van der Waals surface area contributed by atoms with Crippen LogP contribution in [-0.4, -0.2) is 46.1 Å². The minimum absolute atomic E-state index is 0.00627. The van der Waals surface area contributed by atoms with Crippen LogP contribution in [0.1, 0.15) is 57.7 Å². The summed E-state index contributed by atoms with van der Waals surface area (Å²) in [6, 6.07) is 13.1. The van der Waals surface area contributed by atoms with Crippen molar-refractivity contribution in [1.29, 1.82) is 0 Å². The number of benzene rings is 1. The van der Waals surface area contributed by atoms with E-state index in [9.17, 15) is 14.7 Å². The summed E-state index contributed by atoms with van der Waals surface area (Å²) in [4.78, 5) is 32.6. The first-order valence-corrected chi connectivity index (χ1v) is 13.5. The van der Waals surface area contributed by atoms with Gasteiger partial charge < -0.3 is 9.84 Å². The molecule has 37 heavy (non-hydrogen) atoms. The monoisotopic (exact) mass is 500 g/mol. The number of fused-ring (bicyclic) bond motifs is 3. The van der Waals surface area contributed by atoms with Crippen LogP contribution in [0.3, 0.4) is 0 Å². The molecule has 0 unspecified atom stereocenters. The highest BCUT2D eigenvalue weighted by atomic mass is 16.5. The Morgan fingerprint density at radius 3 is 2.59 bits per heavy atom. The molecule has 1 aliphatic carbocycles. The summed E-state index contributed by atoms with van der Waals surface area (Å²) < 4.78 is 6.40. The molecule has 0 saturated carbocycles. The first-order chi connectivity index (χ1) is 17.9. The van der Waals surface area contributed by atoms with Crippen molar-refractivity contribution in [3.63, 3.8) is 0 Å². The molecule has 0 radical (unpaired) electrons. The standard InChI is InChI=1S/C31H36N2O4/c1-4-15-33-30(35)24-17-23(19(2)3)28-25(29(24)31(33)36)18-37-27(28)13-10-21(26-7-5-6-14-32-26)16-20-8-11-22(34)12-9-20/h5-9,11-12,14,16,19,24-25,27,29,34H,4,10,13,15,17-18H2,1-3H3/b21-16-/t24-,25+,27-,29-/m1/s1. The number of aromatic nitrogens is 1. The number of pyridine rings is 1. The second-order valence-electron chi connectivity index (χ2n) is 10.7. The smallest absolute Gasteiger partial charge is 0.233 e. The van der Waals surface area contributed by atoms with Crippen molar-refractivity contribution in [1.82, 2.24) is 9.88 Å². The van der Waals surface area contributed by atoms with Crippen molar-refractivity contribution in [2.45, 2.75) is 52.6 Å². The van der Waals surface area contributed by atoms with Gasteiger partial charge in [-0.2, -0.15) is 0 Å². The van der Waals surface area contributed by atoms with Gasteiger partial charge in [-0.1, -0.05) is 44.5 Å². The summed E-state index contributed by atoms with van der Waals surface area (Å²) >= 11 is 0. The zero-order valence-electron chi connectivity index (χ0n) is 21.9. The number of nitrogens with zero attached hydrogens (tertiary/aromatic N) is 2. The number of carbonyl (C=O) groups excluding carboxylic acids is 2. The molecule has 2 aromatic rings. The SMILES string of the molecule is CCCN1C(=O)[C@@H]2[C@@H](CC(C(C)C)=C3[C@@H](CC/C(=C/c4ccc(O)cc4)c4ccccn4)OC[C@@H]32)C1=O. The molecule has 1 aromatic heterocycles. The number of phenolic OH excluding ortho intramolecular Hbond substituents is 1. The van der Waals surface area contributed by atoms with Crippen molar-refractivity contribution >= 4 is 23.5 Å². The summed E-state index contributed by atoms with van der Waals surface area (Å²) in [6.07, 6.45) is 6.82. The fraction of sp³-hybridized carbons (Fsp3) is 0.452. The summed E-state index contributed by atoms with van der Waals surface area (Å²) in [5.41, 5.74) is 5.58. The van der Waals surface area contributed by atoms with Crippen LogP contribution in [0.4, 0.5) is 0 Å². The Bertz CT molecular complexity index is 1220. The second-order valence-corrected chi connectivity index (χ2v) is 10.7. The van der Waals surface area contributed by atoms with Gasteiger partial charge in [0.2, 0.25) is 11.8 Å². The van der Waals surface area contributed by atoms with Crippen molar-refractivity contribution in [3.8, 4) is 5.75 Å². The highest BCUT2D eigenvalue weighted by molar-refractivity contribution is 6.06. The third kappa shape index (κ3) is 4.87. The van der Waals surface area contributed by atoms with E-state index < -0.39 is 0 Å². The van der Waals surface area contributed by atoms with Gasteiger partial charge in [-0.25, -0.2) is 0 Å². The lowest BCUT2D eigenvalue weighted by atomic mass is 9.67. The molecule has 6 nitrogen and oxygen atoms in total. The first kappa shape index (κ1) is 25.4. The summed E-state index contributed by atoms with van der Waals surface area (Å²) in [5.74, 6) is -0.00881. The Balaban J connectivity index is 1.42. The van der Waals surface area contributed by atoms with E-state index in [1.54, 1.807) is 18.3 Å². The van der Waals surface area contributed by atoms with E-state index in [2.05, 4.69) is 24.9 Å². The predicted octanol–water partition coefficient (Wildman–Crippen LogP) is 5.49. The minimum atomic E-state index is -0.288. The van der Waals surface area contributed by atoms with Crippen molar-refractivity contribution in [2.75, 3.05) is 13.2 Å². The number of ether oxygens (including phenoxy) is 1. The maximum absolute atomic E-state index is 13.3. The van der Waals surface area contributed by atoms with Gasteiger partial charge in [0.1, 0.15) is 5.75 Å². The molecule has 6 heteroatoms. The maximum atomic E-state index is 13.3. The van der Waals surface area contributed by atoms with Crippen LogP contribution < -0.4 is 0 Å². The van der Waals surface area contributed by atoms with Gasteiger partial charge in [0, 0.05) is 18.7 Å². The van der Waals surface area contributed by atoms with Gasteiger partial charge in [0.05, 0.1) is 30.2 Å². The molecule has 1 N–H and O–H groups in total. The molecule has 3 aliphatic rings. The Hall–Kier alpha value is -3.25. The molecular weight excluding hydrogens is 464 g/mol. The van der Waals surface area contributed by atoms with Crippen LogP contribution in [0.25, 0.3) is 11.6 Å². The molecular formula is C31H36N2O4. The van der Waals surface area contributed by atoms with Crippen LogP contribution in [0.2, 0.25) is 0 Å². The number of imide groups is 1. The maximum Gasteiger partial charge on any atom is 0.233 e. The summed E-state index contributed by atoms with van der Waals surface area (Å²) in [6.45, 7) is 7.38. The summed E-state index contributed by atoms with van der Waals surface area (Å²) in [5, 5.41) is 9.68. The molecule has 3 heterocycles. The average Bonchev–Trinajstić information content (AvgIpc) is 3.42. The topological polar surface area (TPSA) is 79.7 Å². The predicted molar refractivity (Wildman–Crippen MR) is 143 cm³/mol. The van der Waals surface area contributed by atoms with E-state index in [1.165, 1.54) is 16.0 Å². The van der Waals surface area contributed by atoms with Gasteiger partial charge in [0.15, 0.2) is 0 Å². The molecule has 2 saturated heterocycles.